The fourth-order valence-electron chi connectivity index (χ4n) is 0.898. The number of rotatable bonds is 0. The van der Waals surface area contributed by atoms with Gasteiger partial charge in [-0.15, -0.1) is 0 Å². The van der Waals surface area contributed by atoms with Gasteiger partial charge in [-0.1, -0.05) is 23.6 Å². The van der Waals surface area contributed by atoms with Gasteiger partial charge in [0.15, 0.2) is 0 Å². The quantitative estimate of drug-likeness (QED) is 0.483. The highest BCUT2D eigenvalue weighted by Crippen LogP contribution is 2.13. The van der Waals surface area contributed by atoms with Gasteiger partial charge in [0, 0.05) is 16.5 Å². The molecule has 0 bridgehead atoms. The van der Waals surface area contributed by atoms with Crippen molar-refractivity contribution in [3.05, 3.63) is 34.3 Å². The lowest BCUT2D eigenvalue weighted by molar-refractivity contribution is -0.133. The summed E-state index contributed by atoms with van der Waals surface area (Å²) in [6.45, 7) is 1.90. The standard InChI is InChI=1S/C11H9ClO2/c1-8-3-5-10(12)7-9(8)4-6-11(13)14-2/h3,5,7H,1-2H3. The third-order valence-corrected chi connectivity index (χ3v) is 1.92. The lowest BCUT2D eigenvalue weighted by Gasteiger charge is -1.97. The van der Waals surface area contributed by atoms with Gasteiger partial charge in [0.05, 0.1) is 7.11 Å². The van der Waals surface area contributed by atoms with Crippen molar-refractivity contribution in [3.8, 4) is 11.8 Å². The Balaban J connectivity index is 3.00. The maximum Gasteiger partial charge on any atom is 0.384 e. The summed E-state index contributed by atoms with van der Waals surface area (Å²) in [5, 5.41) is 0.602. The van der Waals surface area contributed by atoms with Crippen molar-refractivity contribution < 1.29 is 9.53 Å². The molecule has 0 amide bonds. The maximum atomic E-state index is 10.8. The highest BCUT2D eigenvalue weighted by Gasteiger charge is 1.96. The van der Waals surface area contributed by atoms with Gasteiger partial charge in [-0.05, 0) is 24.6 Å². The first-order valence-corrected chi connectivity index (χ1v) is 4.37. The summed E-state index contributed by atoms with van der Waals surface area (Å²) in [5.74, 6) is 4.49. The zero-order valence-corrected chi connectivity index (χ0v) is 8.68. The first-order chi connectivity index (χ1) is 6.63. The van der Waals surface area contributed by atoms with E-state index in [4.69, 9.17) is 11.6 Å². The number of esters is 1. The van der Waals surface area contributed by atoms with E-state index in [1.165, 1.54) is 7.11 Å². The van der Waals surface area contributed by atoms with Crippen molar-refractivity contribution in [1.29, 1.82) is 0 Å². The number of carbonyl (C=O) groups is 1. The molecule has 0 aromatic heterocycles. The normalized spacial score (nSPS) is 8.79. The average molecular weight is 209 g/mol. The zero-order chi connectivity index (χ0) is 10.6. The Hall–Kier alpha value is -1.46. The molecule has 1 rings (SSSR count). The second-order valence-electron chi connectivity index (χ2n) is 2.70. The largest absolute Gasteiger partial charge is 0.459 e. The van der Waals surface area contributed by atoms with Crippen LogP contribution in [0.25, 0.3) is 0 Å². The van der Waals surface area contributed by atoms with Gasteiger partial charge in [-0.25, -0.2) is 4.79 Å². The Bertz CT molecular complexity index is 413. The van der Waals surface area contributed by atoms with Gasteiger partial charge in [-0.3, -0.25) is 0 Å². The van der Waals surface area contributed by atoms with Gasteiger partial charge in [0.2, 0.25) is 0 Å². The van der Waals surface area contributed by atoms with Crippen molar-refractivity contribution in [3.63, 3.8) is 0 Å². The number of benzene rings is 1. The number of aryl methyl sites for hydroxylation is 1. The number of methoxy groups -OCH3 is 1. The molecule has 2 nitrogen and oxygen atoms in total. The van der Waals surface area contributed by atoms with E-state index in [1.54, 1.807) is 12.1 Å². The van der Waals surface area contributed by atoms with Gasteiger partial charge < -0.3 is 4.74 Å². The topological polar surface area (TPSA) is 26.3 Å². The molecular weight excluding hydrogens is 200 g/mol. The number of hydrogen-bond donors (Lipinski definition) is 0. The third-order valence-electron chi connectivity index (χ3n) is 1.68. The fraction of sp³-hybridized carbons (Fsp3) is 0.182. The number of hydrogen-bond acceptors (Lipinski definition) is 2. The molecule has 72 valence electrons. The van der Waals surface area contributed by atoms with Crippen LogP contribution in [0.3, 0.4) is 0 Å². The molecule has 0 radical (unpaired) electrons. The van der Waals surface area contributed by atoms with E-state index in [-0.39, 0.29) is 0 Å². The van der Waals surface area contributed by atoms with Crippen molar-refractivity contribution in [1.82, 2.24) is 0 Å². The predicted molar refractivity (Wildman–Crippen MR) is 55.1 cm³/mol. The lowest BCUT2D eigenvalue weighted by atomic mass is 10.1. The van der Waals surface area contributed by atoms with Crippen molar-refractivity contribution in [2.45, 2.75) is 6.92 Å². The van der Waals surface area contributed by atoms with E-state index < -0.39 is 5.97 Å². The number of halogens is 1. The van der Waals surface area contributed by atoms with E-state index in [0.29, 0.717) is 5.02 Å². The maximum absolute atomic E-state index is 10.8. The molecule has 1 aromatic rings. The van der Waals surface area contributed by atoms with Crippen molar-refractivity contribution >= 4 is 17.6 Å². The van der Waals surface area contributed by atoms with Gasteiger partial charge in [0.25, 0.3) is 0 Å². The first-order valence-electron chi connectivity index (χ1n) is 3.99. The monoisotopic (exact) mass is 208 g/mol. The molecular formula is C11H9ClO2. The van der Waals surface area contributed by atoms with Crippen molar-refractivity contribution in [2.75, 3.05) is 7.11 Å². The minimum atomic E-state index is -0.552. The van der Waals surface area contributed by atoms with Gasteiger partial charge in [0.1, 0.15) is 0 Å². The molecule has 0 unspecified atom stereocenters. The molecule has 0 aliphatic heterocycles. The van der Waals surface area contributed by atoms with Crippen LogP contribution in [0.2, 0.25) is 5.02 Å². The highest BCUT2D eigenvalue weighted by molar-refractivity contribution is 6.30. The summed E-state index contributed by atoms with van der Waals surface area (Å²) in [5.41, 5.74) is 1.72. The molecule has 0 spiro atoms. The van der Waals surface area contributed by atoms with Crippen LogP contribution in [-0.4, -0.2) is 13.1 Å². The van der Waals surface area contributed by atoms with E-state index in [9.17, 15) is 4.79 Å². The third kappa shape index (κ3) is 2.79. The van der Waals surface area contributed by atoms with E-state index >= 15 is 0 Å². The molecule has 0 fully saturated rings. The second kappa shape index (κ2) is 4.69. The number of ether oxygens (including phenoxy) is 1. The second-order valence-corrected chi connectivity index (χ2v) is 3.14. The molecule has 0 atom stereocenters. The van der Waals surface area contributed by atoms with Gasteiger partial charge >= 0.3 is 5.97 Å². The first kappa shape index (κ1) is 10.6. The molecule has 0 aliphatic carbocycles. The Morgan fingerprint density at radius 2 is 2.21 bits per heavy atom. The summed E-state index contributed by atoms with van der Waals surface area (Å²) in [6, 6.07) is 5.34. The van der Waals surface area contributed by atoms with Crippen LogP contribution in [0.4, 0.5) is 0 Å². The summed E-state index contributed by atoms with van der Waals surface area (Å²) in [4.78, 5) is 10.8. The molecule has 0 saturated heterocycles. The van der Waals surface area contributed by atoms with Crippen LogP contribution >= 0.6 is 11.6 Å². The molecule has 3 heteroatoms. The Morgan fingerprint density at radius 1 is 1.50 bits per heavy atom. The van der Waals surface area contributed by atoms with Crippen LogP contribution in [0.5, 0.6) is 0 Å². The summed E-state index contributed by atoms with van der Waals surface area (Å²) >= 11 is 5.78. The lowest BCUT2D eigenvalue weighted by Crippen LogP contribution is -1.94. The summed E-state index contributed by atoms with van der Waals surface area (Å²) in [7, 11) is 1.29. The van der Waals surface area contributed by atoms with Crippen LogP contribution < -0.4 is 0 Å². The minimum Gasteiger partial charge on any atom is -0.459 e. The van der Waals surface area contributed by atoms with Crippen LogP contribution in [0, 0.1) is 18.8 Å². The highest BCUT2D eigenvalue weighted by atomic mass is 35.5. The van der Waals surface area contributed by atoms with E-state index in [1.807, 2.05) is 13.0 Å². The summed E-state index contributed by atoms with van der Waals surface area (Å²) in [6.07, 6.45) is 0. The van der Waals surface area contributed by atoms with E-state index in [0.717, 1.165) is 11.1 Å². The molecule has 0 N–H and O–H groups in total. The van der Waals surface area contributed by atoms with Gasteiger partial charge in [-0.2, -0.15) is 0 Å². The van der Waals surface area contributed by atoms with E-state index in [2.05, 4.69) is 16.6 Å². The van der Waals surface area contributed by atoms with Crippen molar-refractivity contribution in [2.24, 2.45) is 0 Å². The molecule has 14 heavy (non-hydrogen) atoms. The van der Waals surface area contributed by atoms with Crippen LogP contribution in [0.15, 0.2) is 18.2 Å². The molecule has 0 aliphatic rings. The SMILES string of the molecule is COC(=O)C#Cc1cc(Cl)ccc1C. The van der Waals surface area contributed by atoms with Crippen LogP contribution in [0.1, 0.15) is 11.1 Å². The average Bonchev–Trinajstić information content (AvgIpc) is 2.19. The molecule has 0 saturated carbocycles. The Morgan fingerprint density at radius 3 is 2.86 bits per heavy atom. The Kier molecular flexibility index (Phi) is 3.55. The fourth-order valence-corrected chi connectivity index (χ4v) is 1.07. The predicted octanol–water partition coefficient (Wildman–Crippen LogP) is 2.17. The van der Waals surface area contributed by atoms with Crippen LogP contribution in [-0.2, 0) is 9.53 Å². The zero-order valence-electron chi connectivity index (χ0n) is 7.93. The molecule has 0 heterocycles. The number of carbonyl (C=O) groups excluding carboxylic acids is 1. The Labute approximate surface area is 87.8 Å². The smallest absolute Gasteiger partial charge is 0.384 e. The summed E-state index contributed by atoms with van der Waals surface area (Å²) < 4.78 is 4.40. The minimum absolute atomic E-state index is 0.552. The molecule has 1 aromatic carbocycles.